The number of carbonyl (C=O) groups excluding carboxylic acids is 1. The fourth-order valence-corrected chi connectivity index (χ4v) is 2.63. The van der Waals surface area contributed by atoms with Crippen molar-refractivity contribution in [1.29, 1.82) is 0 Å². The zero-order valence-electron chi connectivity index (χ0n) is 13.2. The molecule has 0 amide bonds. The summed E-state index contributed by atoms with van der Waals surface area (Å²) in [7, 11) is 1.63. The first-order valence-corrected chi connectivity index (χ1v) is 7.57. The lowest BCUT2D eigenvalue weighted by atomic mass is 9.95. The van der Waals surface area contributed by atoms with Gasteiger partial charge in [-0.2, -0.15) is 0 Å². The van der Waals surface area contributed by atoms with Crippen LogP contribution in [0.3, 0.4) is 0 Å². The normalized spacial score (nSPS) is 10.5. The maximum Gasteiger partial charge on any atom is 0.338 e. The summed E-state index contributed by atoms with van der Waals surface area (Å²) < 4.78 is 10.4. The zero-order valence-corrected chi connectivity index (χ0v) is 13.2. The number of rotatable bonds is 4. The average molecular weight is 306 g/mol. The molecule has 3 rings (SSSR count). The highest BCUT2D eigenvalue weighted by molar-refractivity contribution is 6.03. The van der Waals surface area contributed by atoms with Gasteiger partial charge in [0.1, 0.15) is 5.75 Å². The van der Waals surface area contributed by atoms with Crippen LogP contribution in [-0.2, 0) is 4.74 Å². The maximum absolute atomic E-state index is 12.4. The minimum absolute atomic E-state index is 0.302. The molecular weight excluding hydrogens is 288 g/mol. The Kier molecular flexibility index (Phi) is 4.29. The summed E-state index contributed by atoms with van der Waals surface area (Å²) in [6, 6.07) is 19.6. The predicted octanol–water partition coefficient (Wildman–Crippen LogP) is 4.69. The molecule has 0 saturated heterocycles. The number of ether oxygens (including phenoxy) is 2. The number of methoxy groups -OCH3 is 1. The van der Waals surface area contributed by atoms with Gasteiger partial charge in [0.15, 0.2) is 0 Å². The summed E-state index contributed by atoms with van der Waals surface area (Å²) in [5.74, 6) is 0.483. The smallest absolute Gasteiger partial charge is 0.338 e. The van der Waals surface area contributed by atoms with Crippen molar-refractivity contribution in [2.45, 2.75) is 6.92 Å². The number of fused-ring (bicyclic) bond motifs is 1. The molecule has 3 aromatic carbocycles. The van der Waals surface area contributed by atoms with Gasteiger partial charge < -0.3 is 9.47 Å². The Bertz CT molecular complexity index is 835. The molecule has 3 aromatic rings. The average Bonchev–Trinajstić information content (AvgIpc) is 2.61. The van der Waals surface area contributed by atoms with Crippen LogP contribution in [0, 0.1) is 0 Å². The fraction of sp³-hybridized carbons (Fsp3) is 0.150. The van der Waals surface area contributed by atoms with Gasteiger partial charge in [0.25, 0.3) is 0 Å². The molecule has 0 heterocycles. The molecule has 0 radical (unpaired) electrons. The second kappa shape index (κ2) is 6.53. The van der Waals surface area contributed by atoms with Crippen molar-refractivity contribution < 1.29 is 14.3 Å². The first-order valence-electron chi connectivity index (χ1n) is 7.57. The lowest BCUT2D eigenvalue weighted by molar-refractivity contribution is 0.0527. The van der Waals surface area contributed by atoms with E-state index in [1.54, 1.807) is 7.11 Å². The molecule has 23 heavy (non-hydrogen) atoms. The number of carbonyl (C=O) groups is 1. The standard InChI is InChI=1S/C20H18O3/c1-3-23-20(21)19-13-16-7-5-4-6-15(16)12-18(19)14-8-10-17(22-2)11-9-14/h4-13H,3H2,1-2H3. The van der Waals surface area contributed by atoms with Crippen molar-refractivity contribution in [3.63, 3.8) is 0 Å². The molecule has 0 bridgehead atoms. The molecule has 0 fully saturated rings. The maximum atomic E-state index is 12.4. The Labute approximate surface area is 135 Å². The van der Waals surface area contributed by atoms with E-state index in [9.17, 15) is 4.79 Å². The van der Waals surface area contributed by atoms with E-state index < -0.39 is 0 Å². The van der Waals surface area contributed by atoms with Gasteiger partial charge >= 0.3 is 5.97 Å². The Morgan fingerprint density at radius 2 is 1.61 bits per heavy atom. The molecule has 0 aliphatic rings. The monoisotopic (exact) mass is 306 g/mol. The quantitative estimate of drug-likeness (QED) is 0.656. The van der Waals surface area contributed by atoms with Gasteiger partial charge in [-0.25, -0.2) is 4.79 Å². The highest BCUT2D eigenvalue weighted by Crippen LogP contribution is 2.30. The third kappa shape index (κ3) is 3.04. The van der Waals surface area contributed by atoms with Gasteiger partial charge in [-0.05, 0) is 53.1 Å². The van der Waals surface area contributed by atoms with Crippen LogP contribution in [0.2, 0.25) is 0 Å². The van der Waals surface area contributed by atoms with E-state index in [1.807, 2.05) is 67.6 Å². The third-order valence-corrected chi connectivity index (χ3v) is 3.78. The van der Waals surface area contributed by atoms with Gasteiger partial charge in [0, 0.05) is 0 Å². The van der Waals surface area contributed by atoms with Gasteiger partial charge in [0.05, 0.1) is 19.3 Å². The third-order valence-electron chi connectivity index (χ3n) is 3.78. The molecule has 0 atom stereocenters. The van der Waals surface area contributed by atoms with Crippen molar-refractivity contribution in [1.82, 2.24) is 0 Å². The molecule has 0 spiro atoms. The molecule has 3 heteroatoms. The van der Waals surface area contributed by atoms with E-state index in [0.717, 1.165) is 27.6 Å². The first kappa shape index (κ1) is 15.1. The van der Waals surface area contributed by atoms with Crippen LogP contribution < -0.4 is 4.74 Å². The molecule has 116 valence electrons. The molecular formula is C20H18O3. The number of hydrogen-bond donors (Lipinski definition) is 0. The summed E-state index contributed by atoms with van der Waals surface area (Å²) in [5.41, 5.74) is 2.40. The predicted molar refractivity (Wildman–Crippen MR) is 91.9 cm³/mol. The van der Waals surface area contributed by atoms with Crippen LogP contribution in [0.5, 0.6) is 5.75 Å². The summed E-state index contributed by atoms with van der Waals surface area (Å²) in [6.07, 6.45) is 0. The second-order valence-corrected chi connectivity index (χ2v) is 5.19. The van der Waals surface area contributed by atoms with E-state index >= 15 is 0 Å². The molecule has 0 unspecified atom stereocenters. The minimum atomic E-state index is -0.302. The Hall–Kier alpha value is -2.81. The van der Waals surface area contributed by atoms with Crippen LogP contribution in [0.15, 0.2) is 60.7 Å². The van der Waals surface area contributed by atoms with Crippen molar-refractivity contribution in [3.8, 4) is 16.9 Å². The van der Waals surface area contributed by atoms with Crippen molar-refractivity contribution in [3.05, 3.63) is 66.2 Å². The fourth-order valence-electron chi connectivity index (χ4n) is 2.63. The minimum Gasteiger partial charge on any atom is -0.497 e. The van der Waals surface area contributed by atoms with E-state index in [2.05, 4.69) is 0 Å². The van der Waals surface area contributed by atoms with Crippen molar-refractivity contribution >= 4 is 16.7 Å². The largest absolute Gasteiger partial charge is 0.497 e. The molecule has 3 nitrogen and oxygen atoms in total. The Morgan fingerprint density at radius 1 is 0.957 bits per heavy atom. The number of esters is 1. The van der Waals surface area contributed by atoms with Crippen LogP contribution >= 0.6 is 0 Å². The van der Waals surface area contributed by atoms with Gasteiger partial charge in [-0.1, -0.05) is 36.4 Å². The molecule has 0 aliphatic carbocycles. The van der Waals surface area contributed by atoms with Gasteiger partial charge in [-0.3, -0.25) is 0 Å². The molecule has 0 aromatic heterocycles. The lowest BCUT2D eigenvalue weighted by Crippen LogP contribution is -2.06. The van der Waals surface area contributed by atoms with Crippen LogP contribution in [0.1, 0.15) is 17.3 Å². The van der Waals surface area contributed by atoms with E-state index in [0.29, 0.717) is 12.2 Å². The molecule has 0 N–H and O–H groups in total. The number of hydrogen-bond acceptors (Lipinski definition) is 3. The van der Waals surface area contributed by atoms with Crippen LogP contribution in [-0.4, -0.2) is 19.7 Å². The highest BCUT2D eigenvalue weighted by atomic mass is 16.5. The van der Waals surface area contributed by atoms with Crippen LogP contribution in [0.4, 0.5) is 0 Å². The molecule has 0 aliphatic heterocycles. The van der Waals surface area contributed by atoms with Gasteiger partial charge in [0.2, 0.25) is 0 Å². The summed E-state index contributed by atoms with van der Waals surface area (Å²) in [6.45, 7) is 2.17. The Balaban J connectivity index is 2.18. The first-order chi connectivity index (χ1) is 11.2. The number of benzene rings is 3. The molecule has 0 saturated carbocycles. The summed E-state index contributed by atoms with van der Waals surface area (Å²) in [4.78, 5) is 12.4. The SMILES string of the molecule is CCOC(=O)c1cc2ccccc2cc1-c1ccc(OC)cc1. The Morgan fingerprint density at radius 3 is 2.22 bits per heavy atom. The van der Waals surface area contributed by atoms with E-state index in [-0.39, 0.29) is 5.97 Å². The highest BCUT2D eigenvalue weighted by Gasteiger charge is 2.15. The summed E-state index contributed by atoms with van der Waals surface area (Å²) in [5, 5.41) is 2.11. The van der Waals surface area contributed by atoms with Crippen molar-refractivity contribution in [2.75, 3.05) is 13.7 Å². The lowest BCUT2D eigenvalue weighted by Gasteiger charge is -2.12. The van der Waals surface area contributed by atoms with Gasteiger partial charge in [-0.15, -0.1) is 0 Å². The zero-order chi connectivity index (χ0) is 16.2. The van der Waals surface area contributed by atoms with Crippen molar-refractivity contribution in [2.24, 2.45) is 0 Å². The second-order valence-electron chi connectivity index (χ2n) is 5.19. The topological polar surface area (TPSA) is 35.5 Å². The van der Waals surface area contributed by atoms with E-state index in [1.165, 1.54) is 0 Å². The van der Waals surface area contributed by atoms with E-state index in [4.69, 9.17) is 9.47 Å². The summed E-state index contributed by atoms with van der Waals surface area (Å²) >= 11 is 0. The van der Waals surface area contributed by atoms with Crippen LogP contribution in [0.25, 0.3) is 21.9 Å².